The van der Waals surface area contributed by atoms with Gasteiger partial charge in [0, 0.05) is 18.7 Å². The zero-order valence-electron chi connectivity index (χ0n) is 10.4. The van der Waals surface area contributed by atoms with Gasteiger partial charge in [0.2, 0.25) is 0 Å². The maximum absolute atomic E-state index is 12.9. The van der Waals surface area contributed by atoms with Gasteiger partial charge >= 0.3 is 0 Å². The Kier molecular flexibility index (Phi) is 6.01. The lowest BCUT2D eigenvalue weighted by atomic mass is 10.2. The quantitative estimate of drug-likeness (QED) is 0.661. The van der Waals surface area contributed by atoms with Gasteiger partial charge in [-0.3, -0.25) is 0 Å². The molecule has 0 radical (unpaired) electrons. The van der Waals surface area contributed by atoms with Crippen LogP contribution in [0.2, 0.25) is 0 Å². The minimum absolute atomic E-state index is 0.0750. The summed E-state index contributed by atoms with van der Waals surface area (Å²) < 4.78 is 25.8. The Labute approximate surface area is 97.1 Å². The number of nitrogens with zero attached hydrogens (tertiary/aromatic N) is 1. The smallest absolute Gasteiger partial charge is 0.266 e. The van der Waals surface area contributed by atoms with Crippen LogP contribution in [0, 0.1) is 0 Å². The molecule has 1 aliphatic rings. The van der Waals surface area contributed by atoms with Gasteiger partial charge in [0.25, 0.3) is 5.92 Å². The molecule has 0 bridgehead atoms. The van der Waals surface area contributed by atoms with Gasteiger partial charge in [0.05, 0.1) is 6.54 Å². The van der Waals surface area contributed by atoms with E-state index in [0.717, 1.165) is 11.3 Å². The van der Waals surface area contributed by atoms with Crippen molar-refractivity contribution in [3.8, 4) is 0 Å². The van der Waals surface area contributed by atoms with Crippen molar-refractivity contribution in [2.45, 2.75) is 33.1 Å². The highest BCUT2D eigenvalue weighted by Crippen LogP contribution is 2.29. The fourth-order valence-corrected chi connectivity index (χ4v) is 1.49. The van der Waals surface area contributed by atoms with E-state index in [1.165, 1.54) is 0 Å². The molecular formula is C13H21F2N. The molecule has 0 aromatic rings. The maximum Gasteiger partial charge on any atom is 0.266 e. The Morgan fingerprint density at radius 1 is 1.38 bits per heavy atom. The average molecular weight is 229 g/mol. The molecule has 0 atom stereocenters. The lowest BCUT2D eigenvalue weighted by Crippen LogP contribution is -2.24. The van der Waals surface area contributed by atoms with Crippen LogP contribution in [-0.2, 0) is 0 Å². The molecule has 0 aromatic heterocycles. The second kappa shape index (κ2) is 6.46. The monoisotopic (exact) mass is 229 g/mol. The molecule has 1 aliphatic heterocycles. The number of likely N-dealkylation sites (tertiary alicyclic amines) is 1. The first kappa shape index (κ1) is 14.9. The summed E-state index contributed by atoms with van der Waals surface area (Å²) in [5, 5.41) is 0. The molecule has 0 aromatic carbocycles. The SMILES string of the molecule is C=C/C(=C\C(=C)C)N1CCC(F)(F)C1.CC. The highest BCUT2D eigenvalue weighted by atomic mass is 19.3. The molecular weight excluding hydrogens is 208 g/mol. The zero-order valence-corrected chi connectivity index (χ0v) is 10.4. The second-order valence-electron chi connectivity index (χ2n) is 3.65. The predicted molar refractivity (Wildman–Crippen MR) is 65.6 cm³/mol. The summed E-state index contributed by atoms with van der Waals surface area (Å²) in [6, 6.07) is 0. The van der Waals surface area contributed by atoms with Crippen molar-refractivity contribution in [2.75, 3.05) is 13.1 Å². The molecule has 1 rings (SSSR count). The van der Waals surface area contributed by atoms with Gasteiger partial charge in [-0.25, -0.2) is 8.78 Å². The van der Waals surface area contributed by atoms with Gasteiger partial charge in [-0.2, -0.15) is 0 Å². The van der Waals surface area contributed by atoms with Crippen molar-refractivity contribution < 1.29 is 8.78 Å². The van der Waals surface area contributed by atoms with Gasteiger partial charge in [0.15, 0.2) is 0 Å². The molecule has 1 saturated heterocycles. The molecule has 92 valence electrons. The van der Waals surface area contributed by atoms with E-state index in [0.29, 0.717) is 6.54 Å². The van der Waals surface area contributed by atoms with Crippen molar-refractivity contribution in [1.29, 1.82) is 0 Å². The van der Waals surface area contributed by atoms with Crippen LogP contribution in [0.15, 0.2) is 36.6 Å². The molecule has 3 heteroatoms. The zero-order chi connectivity index (χ0) is 12.8. The van der Waals surface area contributed by atoms with E-state index in [9.17, 15) is 8.78 Å². The van der Waals surface area contributed by atoms with E-state index < -0.39 is 5.92 Å². The van der Waals surface area contributed by atoms with Crippen molar-refractivity contribution in [3.05, 3.63) is 36.6 Å². The van der Waals surface area contributed by atoms with E-state index in [1.807, 2.05) is 20.8 Å². The molecule has 0 spiro atoms. The number of hydrogen-bond acceptors (Lipinski definition) is 1. The van der Waals surface area contributed by atoms with E-state index in [4.69, 9.17) is 0 Å². The van der Waals surface area contributed by atoms with E-state index >= 15 is 0 Å². The fourth-order valence-electron chi connectivity index (χ4n) is 1.49. The molecule has 1 heterocycles. The first-order chi connectivity index (χ1) is 7.44. The average Bonchev–Trinajstić information content (AvgIpc) is 2.58. The molecule has 0 aliphatic carbocycles. The van der Waals surface area contributed by atoms with Gasteiger partial charge in [-0.1, -0.05) is 32.6 Å². The van der Waals surface area contributed by atoms with Gasteiger partial charge in [-0.15, -0.1) is 0 Å². The van der Waals surface area contributed by atoms with Crippen LogP contribution in [0.4, 0.5) is 8.78 Å². The minimum atomic E-state index is -2.56. The number of halogens is 2. The Bertz CT molecular complexity index is 280. The Morgan fingerprint density at radius 3 is 2.25 bits per heavy atom. The predicted octanol–water partition coefficient (Wildman–Crippen LogP) is 4.00. The van der Waals surface area contributed by atoms with Crippen molar-refractivity contribution >= 4 is 0 Å². The maximum atomic E-state index is 12.9. The van der Waals surface area contributed by atoms with Crippen molar-refractivity contribution in [3.63, 3.8) is 0 Å². The molecule has 0 saturated carbocycles. The summed E-state index contributed by atoms with van der Waals surface area (Å²) in [5.74, 6) is -2.56. The van der Waals surface area contributed by atoms with Gasteiger partial charge in [0.1, 0.15) is 0 Å². The second-order valence-corrected chi connectivity index (χ2v) is 3.65. The van der Waals surface area contributed by atoms with E-state index in [-0.39, 0.29) is 13.0 Å². The largest absolute Gasteiger partial charge is 0.365 e. The Morgan fingerprint density at radius 2 is 1.94 bits per heavy atom. The number of rotatable bonds is 3. The summed E-state index contributed by atoms with van der Waals surface area (Å²) in [7, 11) is 0. The molecule has 1 fully saturated rings. The third-order valence-electron chi connectivity index (χ3n) is 2.14. The summed E-state index contributed by atoms with van der Waals surface area (Å²) in [4.78, 5) is 1.64. The van der Waals surface area contributed by atoms with Crippen LogP contribution < -0.4 is 0 Å². The van der Waals surface area contributed by atoms with Crippen LogP contribution in [0.3, 0.4) is 0 Å². The molecule has 0 unspecified atom stereocenters. The number of alkyl halides is 2. The van der Waals surface area contributed by atoms with Crippen LogP contribution in [0.1, 0.15) is 27.2 Å². The summed E-state index contributed by atoms with van der Waals surface area (Å²) >= 11 is 0. The van der Waals surface area contributed by atoms with E-state index in [2.05, 4.69) is 13.2 Å². The van der Waals surface area contributed by atoms with Crippen molar-refractivity contribution in [2.24, 2.45) is 0 Å². The normalized spacial score (nSPS) is 18.8. The molecule has 0 amide bonds. The van der Waals surface area contributed by atoms with E-state index in [1.54, 1.807) is 17.1 Å². The minimum Gasteiger partial charge on any atom is -0.365 e. The van der Waals surface area contributed by atoms with Crippen LogP contribution >= 0.6 is 0 Å². The number of allylic oxidation sites excluding steroid dienone is 3. The van der Waals surface area contributed by atoms with Crippen molar-refractivity contribution in [1.82, 2.24) is 4.90 Å². The molecule has 0 N–H and O–H groups in total. The summed E-state index contributed by atoms with van der Waals surface area (Å²) in [6.07, 6.45) is 3.29. The highest BCUT2D eigenvalue weighted by Gasteiger charge is 2.38. The number of hydrogen-bond donors (Lipinski definition) is 0. The first-order valence-corrected chi connectivity index (χ1v) is 5.57. The van der Waals surface area contributed by atoms with Crippen LogP contribution in [0.5, 0.6) is 0 Å². The van der Waals surface area contributed by atoms with Crippen LogP contribution in [0.25, 0.3) is 0 Å². The van der Waals surface area contributed by atoms with Gasteiger partial charge in [-0.05, 0) is 19.1 Å². The first-order valence-electron chi connectivity index (χ1n) is 5.57. The summed E-state index contributed by atoms with van der Waals surface area (Å²) in [6.45, 7) is 13.3. The Hall–Kier alpha value is -1.12. The third-order valence-corrected chi connectivity index (χ3v) is 2.14. The summed E-state index contributed by atoms with van der Waals surface area (Å²) in [5.41, 5.74) is 1.57. The topological polar surface area (TPSA) is 3.24 Å². The molecule has 1 nitrogen and oxygen atoms in total. The molecule has 16 heavy (non-hydrogen) atoms. The standard InChI is InChI=1S/C11H15F2N.C2H6/c1-4-10(7-9(2)3)14-6-5-11(12,13)8-14;1-2/h4,7H,1-2,5-6,8H2,3H3;1-2H3/b10-7+;. The Balaban J connectivity index is 0.00000106. The van der Waals surface area contributed by atoms with Gasteiger partial charge < -0.3 is 4.90 Å². The fraction of sp³-hybridized carbons (Fsp3) is 0.538. The third kappa shape index (κ3) is 4.60. The lowest BCUT2D eigenvalue weighted by molar-refractivity contribution is 0.0154. The lowest BCUT2D eigenvalue weighted by Gasteiger charge is -2.19. The highest BCUT2D eigenvalue weighted by molar-refractivity contribution is 5.26. The van der Waals surface area contributed by atoms with Crippen LogP contribution in [-0.4, -0.2) is 23.9 Å².